The molecule has 0 aliphatic heterocycles. The summed E-state index contributed by atoms with van der Waals surface area (Å²) < 4.78 is 28.2. The molecule has 0 aromatic rings. The second kappa shape index (κ2) is 7.40. The van der Waals surface area contributed by atoms with Crippen molar-refractivity contribution in [2.75, 3.05) is 7.05 Å². The third-order valence-electron chi connectivity index (χ3n) is 8.76. The molecule has 0 aromatic carbocycles. The van der Waals surface area contributed by atoms with Crippen molar-refractivity contribution in [2.45, 2.75) is 81.7 Å². The summed E-state index contributed by atoms with van der Waals surface area (Å²) in [4.78, 5) is 13.5. The first kappa shape index (κ1) is 23.5. The third-order valence-corrected chi connectivity index (χ3v) is 13.0. The number of sulfonamides is 1. The summed E-state index contributed by atoms with van der Waals surface area (Å²) in [6.45, 7) is 6.93. The molecule has 5 aliphatic rings. The first-order valence-electron chi connectivity index (χ1n) is 11.3. The Morgan fingerprint density at radius 1 is 1.26 bits per heavy atom. The quantitative estimate of drug-likeness (QED) is 0.588. The first-order chi connectivity index (χ1) is 14.2. The third kappa shape index (κ3) is 3.47. The van der Waals surface area contributed by atoms with E-state index in [-0.39, 0.29) is 29.7 Å². The number of hydrogen-bond donors (Lipinski definition) is 2. The molecule has 8 heteroatoms. The zero-order valence-corrected chi connectivity index (χ0v) is 21.5. The number of nitrogens with one attached hydrogen (secondary N) is 1. The fourth-order valence-corrected chi connectivity index (χ4v) is 9.75. The highest BCUT2D eigenvalue weighted by Gasteiger charge is 2.57. The highest BCUT2D eigenvalue weighted by Crippen LogP contribution is 2.55. The molecule has 0 heterocycles. The van der Waals surface area contributed by atoms with Crippen LogP contribution >= 0.6 is 15.9 Å². The molecule has 1 amide bonds. The van der Waals surface area contributed by atoms with Gasteiger partial charge in [0.1, 0.15) is 10.3 Å². The molecule has 4 atom stereocenters. The van der Waals surface area contributed by atoms with Crippen molar-refractivity contribution in [3.8, 4) is 0 Å². The predicted molar refractivity (Wildman–Crippen MR) is 125 cm³/mol. The highest BCUT2D eigenvalue weighted by atomic mass is 79.9. The van der Waals surface area contributed by atoms with Crippen molar-refractivity contribution in [3.63, 3.8) is 0 Å². The number of amides is 1. The topological polar surface area (TPSA) is 86.7 Å². The smallest absolute Gasteiger partial charge is 0.241 e. The molecule has 2 N–H and O–H groups in total. The Balaban J connectivity index is 1.55. The van der Waals surface area contributed by atoms with Crippen LogP contribution < -0.4 is 5.32 Å². The average Bonchev–Trinajstić information content (AvgIpc) is 2.66. The Hall–Kier alpha value is -0.700. The summed E-state index contributed by atoms with van der Waals surface area (Å²) in [6, 6.07) is 0.0125. The van der Waals surface area contributed by atoms with Crippen LogP contribution in [0, 0.1) is 23.7 Å². The molecule has 0 radical (unpaired) electrons. The van der Waals surface area contributed by atoms with E-state index in [2.05, 4.69) is 21.2 Å². The number of allylic oxidation sites excluding steroid dienone is 3. The monoisotopic (exact) mass is 514 g/mol. The van der Waals surface area contributed by atoms with Crippen LogP contribution in [-0.4, -0.2) is 52.7 Å². The Morgan fingerprint density at radius 3 is 2.35 bits per heavy atom. The summed E-state index contributed by atoms with van der Waals surface area (Å²) in [5.41, 5.74) is -1.81. The Kier molecular flexibility index (Phi) is 5.60. The highest BCUT2D eigenvalue weighted by molar-refractivity contribution is 9.12. The number of carbonyl (C=O) groups is 1. The fourth-order valence-electron chi connectivity index (χ4n) is 6.50. The molecular weight excluding hydrogens is 480 g/mol. The fraction of sp³-hybridized carbons (Fsp3) is 0.783. The number of aliphatic hydroxyl groups is 1. The second-order valence-corrected chi connectivity index (χ2v) is 14.2. The van der Waals surface area contributed by atoms with Gasteiger partial charge in [-0.25, -0.2) is 8.42 Å². The van der Waals surface area contributed by atoms with Gasteiger partial charge in [0.15, 0.2) is 0 Å². The number of hydrogen-bond acceptors (Lipinski definition) is 4. The maximum Gasteiger partial charge on any atom is 0.241 e. The van der Waals surface area contributed by atoms with E-state index < -0.39 is 25.9 Å². The van der Waals surface area contributed by atoms with Crippen LogP contribution in [0.15, 0.2) is 22.7 Å². The molecule has 6 nitrogen and oxygen atoms in total. The van der Waals surface area contributed by atoms with Gasteiger partial charge in [-0.15, -0.1) is 0 Å². The van der Waals surface area contributed by atoms with Gasteiger partial charge in [-0.2, -0.15) is 4.31 Å². The summed E-state index contributed by atoms with van der Waals surface area (Å²) in [7, 11) is -2.36. The number of nitrogens with zero attached hydrogens (tertiary/aromatic N) is 1. The van der Waals surface area contributed by atoms with E-state index in [1.807, 2.05) is 19.1 Å². The number of likely N-dealkylation sites (N-methyl/N-ethyl adjacent to an activating group) is 1. The summed E-state index contributed by atoms with van der Waals surface area (Å²) >= 11 is 3.47. The van der Waals surface area contributed by atoms with E-state index in [1.54, 1.807) is 26.8 Å². The van der Waals surface area contributed by atoms with Crippen molar-refractivity contribution in [1.82, 2.24) is 9.62 Å². The average molecular weight is 516 g/mol. The van der Waals surface area contributed by atoms with Gasteiger partial charge in [-0.3, -0.25) is 4.79 Å². The Morgan fingerprint density at radius 2 is 1.84 bits per heavy atom. The van der Waals surface area contributed by atoms with Gasteiger partial charge in [0.25, 0.3) is 0 Å². The summed E-state index contributed by atoms with van der Waals surface area (Å²) in [6.07, 6.45) is 9.93. The van der Waals surface area contributed by atoms with Gasteiger partial charge in [0, 0.05) is 17.6 Å². The number of rotatable bonds is 5. The lowest BCUT2D eigenvalue weighted by Gasteiger charge is -2.58. The molecule has 4 bridgehead atoms. The molecule has 4 fully saturated rings. The molecule has 4 unspecified atom stereocenters. The largest absolute Gasteiger partial charge is 0.390 e. The molecule has 4 saturated carbocycles. The van der Waals surface area contributed by atoms with Gasteiger partial charge in [-0.1, -0.05) is 41.1 Å². The van der Waals surface area contributed by atoms with E-state index in [4.69, 9.17) is 0 Å². The SMILES string of the molecule is CC1C=CC=C(Br)C1(C)S(=O)(=O)N(C)C(C)(C)C(=O)NC1C2CC3CC1CC(O)(C3)C2. The van der Waals surface area contributed by atoms with Crippen LogP contribution in [-0.2, 0) is 14.8 Å². The minimum atomic E-state index is -3.87. The lowest BCUT2D eigenvalue weighted by molar-refractivity contribution is -0.150. The van der Waals surface area contributed by atoms with E-state index in [0.29, 0.717) is 10.4 Å². The second-order valence-electron chi connectivity index (χ2n) is 11.0. The van der Waals surface area contributed by atoms with Crippen molar-refractivity contribution in [3.05, 3.63) is 22.7 Å². The molecule has 31 heavy (non-hydrogen) atoms. The van der Waals surface area contributed by atoms with Gasteiger partial charge in [-0.05, 0) is 76.5 Å². The van der Waals surface area contributed by atoms with Crippen LogP contribution in [0.25, 0.3) is 0 Å². The Bertz CT molecular complexity index is 927. The standard InChI is InChI=1S/C23H35BrN2O4S/c1-14-7-6-8-18(24)22(14,4)31(29,30)26(5)21(2,3)20(27)25-19-16-9-15-10-17(19)13-23(28,11-15)12-16/h6-8,14-17,19,28H,9-13H2,1-5H3,(H,25,27). The minimum Gasteiger partial charge on any atom is -0.390 e. The summed E-state index contributed by atoms with van der Waals surface area (Å²) in [5.74, 6) is 0.581. The molecule has 5 aliphatic carbocycles. The van der Waals surface area contributed by atoms with E-state index in [9.17, 15) is 18.3 Å². The Labute approximate surface area is 194 Å². The first-order valence-corrected chi connectivity index (χ1v) is 13.5. The lowest BCUT2D eigenvalue weighted by atomic mass is 9.52. The molecule has 5 rings (SSSR count). The van der Waals surface area contributed by atoms with Crippen molar-refractivity contribution < 1.29 is 18.3 Å². The van der Waals surface area contributed by atoms with E-state index in [0.717, 1.165) is 32.1 Å². The number of carbonyl (C=O) groups excluding carboxylic acids is 1. The van der Waals surface area contributed by atoms with Gasteiger partial charge < -0.3 is 10.4 Å². The van der Waals surface area contributed by atoms with Crippen molar-refractivity contribution >= 4 is 31.9 Å². The van der Waals surface area contributed by atoms with Crippen molar-refractivity contribution in [2.24, 2.45) is 23.7 Å². The lowest BCUT2D eigenvalue weighted by Crippen LogP contribution is -2.66. The van der Waals surface area contributed by atoms with E-state index in [1.165, 1.54) is 11.4 Å². The van der Waals surface area contributed by atoms with Crippen LogP contribution in [0.4, 0.5) is 0 Å². The minimum absolute atomic E-state index is 0.0125. The molecule has 0 spiro atoms. The summed E-state index contributed by atoms with van der Waals surface area (Å²) in [5, 5.41) is 14.0. The molecule has 0 saturated heterocycles. The van der Waals surface area contributed by atoms with Gasteiger partial charge in [0.2, 0.25) is 15.9 Å². The maximum atomic E-state index is 13.8. The molecule has 0 aromatic heterocycles. The van der Waals surface area contributed by atoms with Crippen LogP contribution in [0.3, 0.4) is 0 Å². The van der Waals surface area contributed by atoms with Gasteiger partial charge in [0.05, 0.1) is 5.60 Å². The maximum absolute atomic E-state index is 13.8. The van der Waals surface area contributed by atoms with Crippen LogP contribution in [0.1, 0.15) is 59.8 Å². The number of halogens is 1. The molecular formula is C23H35BrN2O4S. The predicted octanol–water partition coefficient (Wildman–Crippen LogP) is 3.33. The van der Waals surface area contributed by atoms with Crippen LogP contribution in [0.5, 0.6) is 0 Å². The van der Waals surface area contributed by atoms with Crippen molar-refractivity contribution in [1.29, 1.82) is 0 Å². The zero-order chi connectivity index (χ0) is 23.0. The zero-order valence-electron chi connectivity index (χ0n) is 19.1. The molecule has 174 valence electrons. The van der Waals surface area contributed by atoms with Crippen LogP contribution in [0.2, 0.25) is 0 Å². The van der Waals surface area contributed by atoms with E-state index >= 15 is 0 Å². The van der Waals surface area contributed by atoms with Gasteiger partial charge >= 0.3 is 0 Å². The normalized spacial score (nSPS) is 42.1.